The van der Waals surface area contributed by atoms with Gasteiger partial charge < -0.3 is 15.5 Å². The van der Waals surface area contributed by atoms with Crippen LogP contribution in [0.2, 0.25) is 0 Å². The van der Waals surface area contributed by atoms with E-state index in [9.17, 15) is 0 Å². The van der Waals surface area contributed by atoms with Crippen molar-refractivity contribution in [3.8, 4) is 0 Å². The third-order valence-corrected chi connectivity index (χ3v) is 4.98. The lowest BCUT2D eigenvalue weighted by Crippen LogP contribution is -2.38. The summed E-state index contributed by atoms with van der Waals surface area (Å²) in [6, 6.07) is 6.78. The van der Waals surface area contributed by atoms with Gasteiger partial charge in [0.1, 0.15) is 0 Å². The first-order valence-corrected chi connectivity index (χ1v) is 9.84. The van der Waals surface area contributed by atoms with Crippen molar-refractivity contribution >= 4 is 5.96 Å². The third kappa shape index (κ3) is 7.47. The van der Waals surface area contributed by atoms with Crippen LogP contribution in [0.4, 0.5) is 0 Å². The fourth-order valence-corrected chi connectivity index (χ4v) is 3.59. The molecule has 1 aliphatic rings. The summed E-state index contributed by atoms with van der Waals surface area (Å²) in [7, 11) is 2.22. The second-order valence-corrected chi connectivity index (χ2v) is 7.47. The lowest BCUT2D eigenvalue weighted by Gasteiger charge is -2.28. The minimum atomic E-state index is 0.845. The third-order valence-electron chi connectivity index (χ3n) is 4.98. The van der Waals surface area contributed by atoms with E-state index in [1.165, 1.54) is 49.0 Å². The average molecular weight is 345 g/mol. The van der Waals surface area contributed by atoms with Crippen molar-refractivity contribution < 1.29 is 0 Å². The maximum absolute atomic E-state index is 4.77. The Morgan fingerprint density at radius 3 is 2.44 bits per heavy atom. The molecule has 0 radical (unpaired) electrons. The first-order chi connectivity index (χ1) is 12.1. The largest absolute Gasteiger partial charge is 0.357 e. The van der Waals surface area contributed by atoms with Crippen LogP contribution in [-0.2, 0) is 6.42 Å². The fourth-order valence-electron chi connectivity index (χ4n) is 3.59. The molecule has 1 fully saturated rings. The molecule has 0 saturated carbocycles. The van der Waals surface area contributed by atoms with Crippen molar-refractivity contribution in [2.24, 2.45) is 10.9 Å². The molecule has 1 saturated heterocycles. The van der Waals surface area contributed by atoms with E-state index >= 15 is 0 Å². The predicted molar refractivity (Wildman–Crippen MR) is 108 cm³/mol. The number of guanidine groups is 1. The zero-order valence-corrected chi connectivity index (χ0v) is 16.6. The Bertz CT molecular complexity index is 525. The molecule has 4 heteroatoms. The Morgan fingerprint density at radius 1 is 1.12 bits per heavy atom. The lowest BCUT2D eigenvalue weighted by atomic mass is 9.94. The van der Waals surface area contributed by atoms with Crippen molar-refractivity contribution in [3.63, 3.8) is 0 Å². The molecular weight excluding hydrogens is 308 g/mol. The molecule has 1 heterocycles. The zero-order chi connectivity index (χ0) is 18.1. The highest BCUT2D eigenvalue weighted by Crippen LogP contribution is 2.19. The van der Waals surface area contributed by atoms with Gasteiger partial charge in [0.2, 0.25) is 0 Å². The van der Waals surface area contributed by atoms with Gasteiger partial charge in [-0.05, 0) is 78.1 Å². The van der Waals surface area contributed by atoms with E-state index < -0.39 is 0 Å². The van der Waals surface area contributed by atoms with Crippen LogP contribution in [0.1, 0.15) is 42.9 Å². The highest BCUT2D eigenvalue weighted by atomic mass is 15.2. The highest BCUT2D eigenvalue weighted by molar-refractivity contribution is 5.79. The van der Waals surface area contributed by atoms with Crippen LogP contribution >= 0.6 is 0 Å². The summed E-state index contributed by atoms with van der Waals surface area (Å²) >= 11 is 0. The van der Waals surface area contributed by atoms with Gasteiger partial charge in [-0.1, -0.05) is 29.3 Å². The molecule has 1 aliphatic heterocycles. The van der Waals surface area contributed by atoms with Gasteiger partial charge in [0.15, 0.2) is 5.96 Å². The van der Waals surface area contributed by atoms with Gasteiger partial charge >= 0.3 is 0 Å². The van der Waals surface area contributed by atoms with Crippen LogP contribution in [0.5, 0.6) is 0 Å². The normalized spacial score (nSPS) is 16.9. The van der Waals surface area contributed by atoms with Gasteiger partial charge in [0.05, 0.1) is 0 Å². The number of likely N-dealkylation sites (tertiary alicyclic amines) is 1. The van der Waals surface area contributed by atoms with Gasteiger partial charge in [0.25, 0.3) is 0 Å². The monoisotopic (exact) mass is 344 g/mol. The number of aryl methyl sites for hydroxylation is 2. The molecule has 0 amide bonds. The van der Waals surface area contributed by atoms with Crippen LogP contribution in [0.25, 0.3) is 0 Å². The average Bonchev–Trinajstić information content (AvgIpc) is 2.56. The molecule has 0 unspecified atom stereocenters. The summed E-state index contributed by atoms with van der Waals surface area (Å²) < 4.78 is 0. The summed E-state index contributed by atoms with van der Waals surface area (Å²) in [4.78, 5) is 7.20. The van der Waals surface area contributed by atoms with Gasteiger partial charge in [-0.2, -0.15) is 0 Å². The van der Waals surface area contributed by atoms with E-state index in [1.807, 2.05) is 0 Å². The quantitative estimate of drug-likeness (QED) is 0.590. The minimum absolute atomic E-state index is 0.845. The van der Waals surface area contributed by atoms with E-state index in [-0.39, 0.29) is 0 Å². The van der Waals surface area contributed by atoms with Crippen LogP contribution in [0.15, 0.2) is 23.2 Å². The van der Waals surface area contributed by atoms with Crippen LogP contribution in [-0.4, -0.2) is 50.6 Å². The van der Waals surface area contributed by atoms with Crippen molar-refractivity contribution in [2.45, 2.75) is 46.5 Å². The molecule has 0 bridgehead atoms. The SMILES string of the molecule is CCNC(=NCCC1CCN(C)CC1)NCCc1cc(C)cc(C)c1. The van der Waals surface area contributed by atoms with E-state index in [4.69, 9.17) is 4.99 Å². The number of benzene rings is 1. The molecule has 1 aromatic rings. The van der Waals surface area contributed by atoms with Crippen LogP contribution in [0, 0.1) is 19.8 Å². The number of nitrogens with one attached hydrogen (secondary N) is 2. The molecule has 2 rings (SSSR count). The van der Waals surface area contributed by atoms with E-state index in [2.05, 4.69) is 61.6 Å². The van der Waals surface area contributed by atoms with Gasteiger partial charge in [-0.3, -0.25) is 4.99 Å². The summed E-state index contributed by atoms with van der Waals surface area (Å²) in [5, 5.41) is 6.85. The van der Waals surface area contributed by atoms with Crippen molar-refractivity contribution in [3.05, 3.63) is 34.9 Å². The standard InChI is InChI=1S/C21H36N4/c1-5-22-21(23-10-6-19-8-12-25(4)13-9-19)24-11-7-20-15-17(2)14-18(3)16-20/h14-16,19H,5-13H2,1-4H3,(H2,22,23,24). The molecule has 2 N–H and O–H groups in total. The number of rotatable bonds is 7. The Labute approximate surface area is 154 Å². The Kier molecular flexibility index (Phi) is 8.26. The van der Waals surface area contributed by atoms with Crippen molar-refractivity contribution in [2.75, 3.05) is 39.8 Å². The second kappa shape index (κ2) is 10.4. The van der Waals surface area contributed by atoms with E-state index in [1.54, 1.807) is 0 Å². The van der Waals surface area contributed by atoms with E-state index in [0.29, 0.717) is 0 Å². The molecular formula is C21H36N4. The molecule has 0 atom stereocenters. The maximum Gasteiger partial charge on any atom is 0.191 e. The number of aliphatic imine (C=N–C) groups is 1. The molecule has 140 valence electrons. The molecule has 0 aliphatic carbocycles. The number of hydrogen-bond donors (Lipinski definition) is 2. The van der Waals surface area contributed by atoms with Gasteiger partial charge in [-0.15, -0.1) is 0 Å². The first kappa shape index (κ1) is 19.8. The smallest absolute Gasteiger partial charge is 0.191 e. The topological polar surface area (TPSA) is 39.7 Å². The summed E-state index contributed by atoms with van der Waals surface area (Å²) in [6.45, 7) is 11.7. The minimum Gasteiger partial charge on any atom is -0.357 e. The Balaban J connectivity index is 1.75. The number of piperidine rings is 1. The van der Waals surface area contributed by atoms with Gasteiger partial charge in [-0.25, -0.2) is 0 Å². The highest BCUT2D eigenvalue weighted by Gasteiger charge is 2.15. The summed E-state index contributed by atoms with van der Waals surface area (Å²) in [5.41, 5.74) is 4.08. The molecule has 0 spiro atoms. The molecule has 25 heavy (non-hydrogen) atoms. The van der Waals surface area contributed by atoms with Crippen molar-refractivity contribution in [1.82, 2.24) is 15.5 Å². The lowest BCUT2D eigenvalue weighted by molar-refractivity contribution is 0.214. The molecule has 0 aromatic heterocycles. The van der Waals surface area contributed by atoms with E-state index in [0.717, 1.165) is 37.9 Å². The first-order valence-electron chi connectivity index (χ1n) is 9.84. The molecule has 1 aromatic carbocycles. The Hall–Kier alpha value is -1.55. The fraction of sp³-hybridized carbons (Fsp3) is 0.667. The van der Waals surface area contributed by atoms with Crippen LogP contribution in [0.3, 0.4) is 0 Å². The second-order valence-electron chi connectivity index (χ2n) is 7.47. The number of hydrogen-bond acceptors (Lipinski definition) is 2. The zero-order valence-electron chi connectivity index (χ0n) is 16.6. The summed E-state index contributed by atoms with van der Waals surface area (Å²) in [6.07, 6.45) is 4.88. The maximum atomic E-state index is 4.77. The van der Waals surface area contributed by atoms with Gasteiger partial charge in [0, 0.05) is 19.6 Å². The predicted octanol–water partition coefficient (Wildman–Crippen LogP) is 3.13. The molecule has 4 nitrogen and oxygen atoms in total. The Morgan fingerprint density at radius 2 is 1.80 bits per heavy atom. The number of nitrogens with zero attached hydrogens (tertiary/aromatic N) is 2. The summed E-state index contributed by atoms with van der Waals surface area (Å²) in [5.74, 6) is 1.80. The van der Waals surface area contributed by atoms with Crippen molar-refractivity contribution in [1.29, 1.82) is 0 Å². The van der Waals surface area contributed by atoms with Crippen LogP contribution < -0.4 is 10.6 Å².